The third-order valence-electron chi connectivity index (χ3n) is 2.44. The maximum atomic E-state index is 8.54. The first-order valence-corrected chi connectivity index (χ1v) is 6.17. The summed E-state index contributed by atoms with van der Waals surface area (Å²) in [5.74, 6) is 0. The van der Waals surface area contributed by atoms with Gasteiger partial charge in [0.05, 0.1) is 0 Å². The van der Waals surface area contributed by atoms with Crippen LogP contribution in [-0.4, -0.2) is 11.7 Å². The molecule has 0 aromatic heterocycles. The van der Waals surface area contributed by atoms with E-state index in [1.54, 1.807) is 0 Å². The Balaban J connectivity index is 2.91. The normalized spacial score (nSPS) is 11.3. The summed E-state index contributed by atoms with van der Waals surface area (Å²) >= 11 is 0. The van der Waals surface area contributed by atoms with Crippen LogP contribution >= 0.6 is 0 Å². The van der Waals surface area contributed by atoms with Crippen LogP contribution in [-0.2, 0) is 0 Å². The minimum absolute atomic E-state index is 0.285. The van der Waals surface area contributed by atoms with E-state index in [4.69, 9.17) is 5.11 Å². The molecule has 0 radical (unpaired) electrons. The quantitative estimate of drug-likeness (QED) is 0.414. The predicted octanol–water partition coefficient (Wildman–Crippen LogP) is 4.07. The van der Waals surface area contributed by atoms with E-state index in [0.29, 0.717) is 0 Å². The summed E-state index contributed by atoms with van der Waals surface area (Å²) in [4.78, 5) is 0. The first-order chi connectivity index (χ1) is 6.91. The second kappa shape index (κ2) is 12.7. The first-order valence-electron chi connectivity index (χ1n) is 6.17. The molecule has 0 saturated carbocycles. The average molecular weight is 198 g/mol. The van der Waals surface area contributed by atoms with Crippen LogP contribution in [0.5, 0.6) is 0 Å². The summed E-state index contributed by atoms with van der Waals surface area (Å²) in [5.41, 5.74) is 0. The third kappa shape index (κ3) is 11.7. The molecule has 0 aliphatic heterocycles. The monoisotopic (exact) mass is 198 g/mol. The average Bonchev–Trinajstić information content (AvgIpc) is 2.21. The van der Waals surface area contributed by atoms with Gasteiger partial charge in [-0.3, -0.25) is 0 Å². The van der Waals surface area contributed by atoms with Gasteiger partial charge in [-0.2, -0.15) is 0 Å². The van der Waals surface area contributed by atoms with E-state index in [1.165, 1.54) is 51.4 Å². The molecule has 1 N–H and O–H groups in total. The molecule has 0 aliphatic rings. The van der Waals surface area contributed by atoms with Crippen LogP contribution in [0.4, 0.5) is 0 Å². The zero-order chi connectivity index (χ0) is 10.5. The van der Waals surface area contributed by atoms with Gasteiger partial charge in [0.1, 0.15) is 0 Å². The number of rotatable bonds is 10. The van der Waals surface area contributed by atoms with Gasteiger partial charge in [0, 0.05) is 6.61 Å². The van der Waals surface area contributed by atoms with Crippen molar-refractivity contribution in [3.8, 4) is 0 Å². The Hall–Kier alpha value is -0.300. The molecule has 84 valence electrons. The van der Waals surface area contributed by atoms with E-state index in [9.17, 15) is 0 Å². The van der Waals surface area contributed by atoms with Gasteiger partial charge in [0.15, 0.2) is 0 Å². The van der Waals surface area contributed by atoms with Crippen molar-refractivity contribution >= 4 is 0 Å². The highest BCUT2D eigenvalue weighted by Crippen LogP contribution is 2.08. The Morgan fingerprint density at radius 1 is 0.786 bits per heavy atom. The molecular weight excluding hydrogens is 172 g/mol. The van der Waals surface area contributed by atoms with Crippen molar-refractivity contribution in [3.05, 3.63) is 12.2 Å². The van der Waals surface area contributed by atoms with Crippen molar-refractivity contribution in [2.45, 2.75) is 64.7 Å². The van der Waals surface area contributed by atoms with Crippen LogP contribution in [0.25, 0.3) is 0 Å². The molecule has 0 unspecified atom stereocenters. The highest BCUT2D eigenvalue weighted by Gasteiger charge is 1.88. The zero-order valence-electron chi connectivity index (χ0n) is 9.67. The van der Waals surface area contributed by atoms with Crippen LogP contribution < -0.4 is 0 Å². The number of allylic oxidation sites excluding steroid dienone is 1. The molecule has 0 bridgehead atoms. The van der Waals surface area contributed by atoms with Crippen LogP contribution in [0.3, 0.4) is 0 Å². The van der Waals surface area contributed by atoms with E-state index < -0.39 is 0 Å². The van der Waals surface area contributed by atoms with Gasteiger partial charge in [0.2, 0.25) is 0 Å². The molecule has 0 heterocycles. The summed E-state index contributed by atoms with van der Waals surface area (Å²) < 4.78 is 0. The molecule has 0 rings (SSSR count). The van der Waals surface area contributed by atoms with Crippen molar-refractivity contribution < 1.29 is 5.11 Å². The number of hydrogen-bond donors (Lipinski definition) is 1. The summed E-state index contributed by atoms with van der Waals surface area (Å²) in [7, 11) is 0. The van der Waals surface area contributed by atoms with E-state index in [2.05, 4.69) is 19.1 Å². The molecule has 0 atom stereocenters. The number of hydrogen-bond acceptors (Lipinski definition) is 1. The smallest absolute Gasteiger partial charge is 0.0465 e. The molecule has 0 fully saturated rings. The Labute approximate surface area is 89.2 Å². The van der Waals surface area contributed by atoms with Crippen molar-refractivity contribution in [1.82, 2.24) is 0 Å². The van der Waals surface area contributed by atoms with Crippen molar-refractivity contribution in [2.24, 2.45) is 0 Å². The second-order valence-corrected chi connectivity index (χ2v) is 3.89. The summed E-state index contributed by atoms with van der Waals surface area (Å²) in [5, 5.41) is 8.54. The van der Waals surface area contributed by atoms with Crippen LogP contribution in [0.15, 0.2) is 12.2 Å². The minimum atomic E-state index is 0.285. The Morgan fingerprint density at radius 3 is 2.00 bits per heavy atom. The lowest BCUT2D eigenvalue weighted by Crippen LogP contribution is -1.79. The largest absolute Gasteiger partial charge is 0.396 e. The minimum Gasteiger partial charge on any atom is -0.396 e. The molecule has 1 heteroatoms. The lowest BCUT2D eigenvalue weighted by molar-refractivity contribution is 0.302. The maximum Gasteiger partial charge on any atom is 0.0465 e. The third-order valence-corrected chi connectivity index (χ3v) is 2.44. The van der Waals surface area contributed by atoms with E-state index >= 15 is 0 Å². The standard InChI is InChI=1S/C13H26O/c1-2-3-4-5-6-7-8-9-10-11-12-13-14/h10-11,14H,2-9,12-13H2,1H3/b11-10-. The van der Waals surface area contributed by atoms with Crippen molar-refractivity contribution in [3.63, 3.8) is 0 Å². The van der Waals surface area contributed by atoms with E-state index in [1.807, 2.05) is 0 Å². The van der Waals surface area contributed by atoms with Gasteiger partial charge in [0.25, 0.3) is 0 Å². The number of aliphatic hydroxyl groups is 1. The van der Waals surface area contributed by atoms with Crippen LogP contribution in [0, 0.1) is 0 Å². The summed E-state index contributed by atoms with van der Waals surface area (Å²) in [6.45, 7) is 2.54. The van der Waals surface area contributed by atoms with Gasteiger partial charge >= 0.3 is 0 Å². The summed E-state index contributed by atoms with van der Waals surface area (Å²) in [6.07, 6.45) is 15.9. The molecule has 0 spiro atoms. The van der Waals surface area contributed by atoms with Gasteiger partial charge in [-0.25, -0.2) is 0 Å². The van der Waals surface area contributed by atoms with E-state index in [0.717, 1.165) is 6.42 Å². The summed E-state index contributed by atoms with van der Waals surface area (Å²) in [6, 6.07) is 0. The Morgan fingerprint density at radius 2 is 1.36 bits per heavy atom. The lowest BCUT2D eigenvalue weighted by atomic mass is 10.1. The van der Waals surface area contributed by atoms with Gasteiger partial charge in [-0.1, -0.05) is 57.6 Å². The second-order valence-electron chi connectivity index (χ2n) is 3.89. The van der Waals surface area contributed by atoms with Gasteiger partial charge in [-0.05, 0) is 19.3 Å². The number of unbranched alkanes of at least 4 members (excludes halogenated alkanes) is 7. The van der Waals surface area contributed by atoms with Gasteiger partial charge < -0.3 is 5.11 Å². The highest BCUT2D eigenvalue weighted by atomic mass is 16.2. The molecule has 0 aliphatic carbocycles. The Kier molecular flexibility index (Phi) is 12.4. The van der Waals surface area contributed by atoms with Crippen molar-refractivity contribution in [2.75, 3.05) is 6.61 Å². The topological polar surface area (TPSA) is 20.2 Å². The SMILES string of the molecule is CCCCCCCCC/C=C\CCO. The van der Waals surface area contributed by atoms with Crippen molar-refractivity contribution in [1.29, 1.82) is 0 Å². The predicted molar refractivity (Wildman–Crippen MR) is 63.5 cm³/mol. The zero-order valence-corrected chi connectivity index (χ0v) is 9.67. The maximum absolute atomic E-state index is 8.54. The molecule has 1 nitrogen and oxygen atoms in total. The van der Waals surface area contributed by atoms with Crippen LogP contribution in [0.2, 0.25) is 0 Å². The molecule has 14 heavy (non-hydrogen) atoms. The number of aliphatic hydroxyl groups excluding tert-OH is 1. The first kappa shape index (κ1) is 13.7. The Bertz CT molecular complexity index is 118. The fraction of sp³-hybridized carbons (Fsp3) is 0.846. The molecule has 0 amide bonds. The van der Waals surface area contributed by atoms with Gasteiger partial charge in [-0.15, -0.1) is 0 Å². The fourth-order valence-corrected chi connectivity index (χ4v) is 1.53. The molecule has 0 aromatic carbocycles. The van der Waals surface area contributed by atoms with Crippen LogP contribution in [0.1, 0.15) is 64.7 Å². The van der Waals surface area contributed by atoms with E-state index in [-0.39, 0.29) is 6.61 Å². The lowest BCUT2D eigenvalue weighted by Gasteiger charge is -1.98. The highest BCUT2D eigenvalue weighted by molar-refractivity contribution is 4.80. The molecule has 0 aromatic rings. The molecule has 0 saturated heterocycles. The molecular formula is C13H26O. The fourth-order valence-electron chi connectivity index (χ4n) is 1.53.